The quantitative estimate of drug-likeness (QED) is 0.623. The number of aliphatic hydroxyl groups excluding tert-OH is 1. The molecule has 0 unspecified atom stereocenters. The van der Waals surface area contributed by atoms with Gasteiger partial charge in [-0.1, -0.05) is 0 Å². The van der Waals surface area contributed by atoms with Crippen LogP contribution in [0.5, 0.6) is 0 Å². The summed E-state index contributed by atoms with van der Waals surface area (Å²) in [6, 6.07) is 0. The Morgan fingerprint density at radius 2 is 2.12 bits per heavy atom. The standard InChI is InChI=1S/C10H16N2O5/c1-7-8(5-16-2)9(14)11-10(15)12(7)6-17-4-3-13/h13H,3-6H2,1-2H3,(H,11,14,15). The van der Waals surface area contributed by atoms with Crippen LogP contribution in [0.1, 0.15) is 11.3 Å². The Balaban J connectivity index is 3.07. The van der Waals surface area contributed by atoms with E-state index in [-0.39, 0.29) is 26.6 Å². The Morgan fingerprint density at radius 3 is 2.71 bits per heavy atom. The fourth-order valence-corrected chi connectivity index (χ4v) is 1.41. The number of nitrogens with zero attached hydrogens (tertiary/aromatic N) is 1. The van der Waals surface area contributed by atoms with Crippen molar-refractivity contribution in [3.05, 3.63) is 32.1 Å². The van der Waals surface area contributed by atoms with Gasteiger partial charge < -0.3 is 14.6 Å². The van der Waals surface area contributed by atoms with Crippen molar-refractivity contribution < 1.29 is 14.6 Å². The number of hydrogen-bond donors (Lipinski definition) is 2. The van der Waals surface area contributed by atoms with Crippen LogP contribution >= 0.6 is 0 Å². The van der Waals surface area contributed by atoms with Crippen molar-refractivity contribution in [2.75, 3.05) is 20.3 Å². The summed E-state index contributed by atoms with van der Waals surface area (Å²) < 4.78 is 11.2. The molecular formula is C10H16N2O5. The van der Waals surface area contributed by atoms with E-state index in [2.05, 4.69) is 4.98 Å². The second kappa shape index (κ2) is 6.33. The molecule has 0 atom stereocenters. The predicted molar refractivity (Wildman–Crippen MR) is 59.8 cm³/mol. The van der Waals surface area contributed by atoms with Gasteiger partial charge in [-0.2, -0.15) is 0 Å². The molecule has 0 fully saturated rings. The average molecular weight is 244 g/mol. The molecule has 1 aromatic heterocycles. The van der Waals surface area contributed by atoms with Gasteiger partial charge in [0, 0.05) is 12.8 Å². The SMILES string of the molecule is COCc1c(C)n(COCCO)c(=O)[nH]c1=O. The summed E-state index contributed by atoms with van der Waals surface area (Å²) in [4.78, 5) is 25.2. The van der Waals surface area contributed by atoms with E-state index in [9.17, 15) is 9.59 Å². The Hall–Kier alpha value is -1.44. The lowest BCUT2D eigenvalue weighted by Gasteiger charge is -2.12. The summed E-state index contributed by atoms with van der Waals surface area (Å²) in [6.45, 7) is 1.76. The molecule has 0 spiro atoms. The zero-order valence-corrected chi connectivity index (χ0v) is 9.86. The van der Waals surface area contributed by atoms with Gasteiger partial charge in [0.25, 0.3) is 5.56 Å². The number of rotatable bonds is 6. The molecule has 0 bridgehead atoms. The van der Waals surface area contributed by atoms with Gasteiger partial charge in [-0.15, -0.1) is 0 Å². The highest BCUT2D eigenvalue weighted by molar-refractivity contribution is 5.14. The molecule has 0 saturated carbocycles. The summed E-state index contributed by atoms with van der Waals surface area (Å²) in [7, 11) is 1.47. The Bertz CT molecular complexity index is 477. The predicted octanol–water partition coefficient (Wildman–Crippen LogP) is -1.04. The molecule has 17 heavy (non-hydrogen) atoms. The number of ether oxygens (including phenoxy) is 2. The first-order valence-electron chi connectivity index (χ1n) is 5.12. The van der Waals surface area contributed by atoms with E-state index < -0.39 is 11.2 Å². The van der Waals surface area contributed by atoms with E-state index >= 15 is 0 Å². The van der Waals surface area contributed by atoms with Crippen molar-refractivity contribution in [3.63, 3.8) is 0 Å². The summed E-state index contributed by atoms with van der Waals surface area (Å²) in [5, 5.41) is 8.58. The largest absolute Gasteiger partial charge is 0.394 e. The molecule has 0 saturated heterocycles. The van der Waals surface area contributed by atoms with Crippen LogP contribution in [-0.4, -0.2) is 35.0 Å². The lowest BCUT2D eigenvalue weighted by molar-refractivity contribution is 0.0441. The van der Waals surface area contributed by atoms with E-state index in [1.807, 2.05) is 0 Å². The molecule has 0 radical (unpaired) electrons. The lowest BCUT2D eigenvalue weighted by atomic mass is 10.2. The van der Waals surface area contributed by atoms with Gasteiger partial charge in [-0.05, 0) is 6.92 Å². The monoisotopic (exact) mass is 244 g/mol. The smallest absolute Gasteiger partial charge is 0.330 e. The van der Waals surface area contributed by atoms with Crippen molar-refractivity contribution in [2.45, 2.75) is 20.3 Å². The van der Waals surface area contributed by atoms with Crippen molar-refractivity contribution in [2.24, 2.45) is 0 Å². The summed E-state index contributed by atoms with van der Waals surface area (Å²) in [6.07, 6.45) is 0. The normalized spacial score (nSPS) is 10.8. The maximum atomic E-state index is 11.5. The lowest BCUT2D eigenvalue weighted by Crippen LogP contribution is -2.35. The van der Waals surface area contributed by atoms with Gasteiger partial charge in [0.1, 0.15) is 6.73 Å². The third-order valence-electron chi connectivity index (χ3n) is 2.33. The molecule has 2 N–H and O–H groups in total. The van der Waals surface area contributed by atoms with Crippen LogP contribution in [0.25, 0.3) is 0 Å². The van der Waals surface area contributed by atoms with Gasteiger partial charge >= 0.3 is 5.69 Å². The maximum absolute atomic E-state index is 11.5. The zero-order valence-electron chi connectivity index (χ0n) is 9.86. The van der Waals surface area contributed by atoms with Crippen LogP contribution < -0.4 is 11.2 Å². The minimum absolute atomic E-state index is 0.0152. The van der Waals surface area contributed by atoms with E-state index in [0.717, 1.165) is 0 Å². The molecular weight excluding hydrogens is 228 g/mol. The van der Waals surface area contributed by atoms with Gasteiger partial charge in [0.15, 0.2) is 0 Å². The van der Waals surface area contributed by atoms with E-state index in [1.165, 1.54) is 11.7 Å². The number of hydrogen-bond acceptors (Lipinski definition) is 5. The van der Waals surface area contributed by atoms with E-state index in [4.69, 9.17) is 14.6 Å². The van der Waals surface area contributed by atoms with Crippen LogP contribution in [0.15, 0.2) is 9.59 Å². The molecule has 7 heteroatoms. The highest BCUT2D eigenvalue weighted by atomic mass is 16.5. The number of aliphatic hydroxyl groups is 1. The number of nitrogens with one attached hydrogen (secondary N) is 1. The summed E-state index contributed by atoms with van der Waals surface area (Å²) in [5.74, 6) is 0. The first kappa shape index (κ1) is 13.6. The minimum Gasteiger partial charge on any atom is -0.394 e. The zero-order chi connectivity index (χ0) is 12.8. The van der Waals surface area contributed by atoms with E-state index in [0.29, 0.717) is 11.3 Å². The fraction of sp³-hybridized carbons (Fsp3) is 0.600. The number of H-pyrrole nitrogens is 1. The van der Waals surface area contributed by atoms with Gasteiger partial charge in [-0.3, -0.25) is 14.3 Å². The molecule has 0 aliphatic rings. The summed E-state index contributed by atoms with van der Waals surface area (Å²) >= 11 is 0. The molecule has 1 heterocycles. The number of aromatic nitrogens is 2. The second-order valence-corrected chi connectivity index (χ2v) is 3.45. The first-order valence-corrected chi connectivity index (χ1v) is 5.12. The van der Waals surface area contributed by atoms with Crippen molar-refractivity contribution in [3.8, 4) is 0 Å². The molecule has 0 amide bonds. The average Bonchev–Trinajstić information content (AvgIpc) is 2.29. The highest BCUT2D eigenvalue weighted by Crippen LogP contribution is 2.01. The van der Waals surface area contributed by atoms with Gasteiger partial charge in [-0.25, -0.2) is 4.79 Å². The first-order chi connectivity index (χ1) is 8.11. The molecule has 7 nitrogen and oxygen atoms in total. The van der Waals surface area contributed by atoms with E-state index in [1.54, 1.807) is 6.92 Å². The molecule has 1 aromatic rings. The van der Waals surface area contributed by atoms with Crippen molar-refractivity contribution in [1.29, 1.82) is 0 Å². The second-order valence-electron chi connectivity index (χ2n) is 3.45. The Kier molecular flexibility index (Phi) is 5.08. The Morgan fingerprint density at radius 1 is 1.41 bits per heavy atom. The Labute approximate surface area is 97.6 Å². The van der Waals surface area contributed by atoms with Crippen molar-refractivity contribution in [1.82, 2.24) is 9.55 Å². The summed E-state index contributed by atoms with van der Waals surface area (Å²) in [5.41, 5.74) is -0.101. The number of aromatic amines is 1. The van der Waals surface area contributed by atoms with Crippen LogP contribution in [-0.2, 0) is 22.8 Å². The minimum atomic E-state index is -0.537. The van der Waals surface area contributed by atoms with Crippen LogP contribution in [0, 0.1) is 6.92 Å². The third-order valence-corrected chi connectivity index (χ3v) is 2.33. The molecule has 0 aliphatic heterocycles. The fourth-order valence-electron chi connectivity index (χ4n) is 1.41. The molecule has 1 rings (SSSR count). The molecule has 0 aliphatic carbocycles. The maximum Gasteiger partial charge on any atom is 0.330 e. The van der Waals surface area contributed by atoms with Gasteiger partial charge in [0.2, 0.25) is 0 Å². The number of methoxy groups -OCH3 is 1. The van der Waals surface area contributed by atoms with Crippen molar-refractivity contribution >= 4 is 0 Å². The third kappa shape index (κ3) is 3.26. The van der Waals surface area contributed by atoms with Crippen LogP contribution in [0.2, 0.25) is 0 Å². The molecule has 96 valence electrons. The van der Waals surface area contributed by atoms with Crippen LogP contribution in [0.3, 0.4) is 0 Å². The highest BCUT2D eigenvalue weighted by Gasteiger charge is 2.10. The molecule has 0 aromatic carbocycles. The van der Waals surface area contributed by atoms with Crippen LogP contribution in [0.4, 0.5) is 0 Å². The topological polar surface area (TPSA) is 93.6 Å². The van der Waals surface area contributed by atoms with Gasteiger partial charge in [0.05, 0.1) is 25.4 Å².